The highest BCUT2D eigenvalue weighted by Crippen LogP contribution is 2.28. The molecule has 0 radical (unpaired) electrons. The van der Waals surface area contributed by atoms with E-state index < -0.39 is 17.8 Å². The molecule has 1 aliphatic heterocycles. The van der Waals surface area contributed by atoms with Gasteiger partial charge in [0.2, 0.25) is 0 Å². The Hall–Kier alpha value is -3.81. The first-order valence-corrected chi connectivity index (χ1v) is 8.09. The number of anilines is 1. The van der Waals surface area contributed by atoms with E-state index in [0.717, 1.165) is 4.90 Å². The summed E-state index contributed by atoms with van der Waals surface area (Å²) in [6, 6.07) is 12.7. The van der Waals surface area contributed by atoms with E-state index in [9.17, 15) is 14.4 Å². The Morgan fingerprint density at radius 2 is 1.67 bits per heavy atom. The van der Waals surface area contributed by atoms with E-state index in [1.54, 1.807) is 31.2 Å². The Morgan fingerprint density at radius 1 is 1.04 bits per heavy atom. The third-order valence-corrected chi connectivity index (χ3v) is 4.05. The average Bonchev–Trinajstić information content (AvgIpc) is 3.22. The number of carbonyl (C=O) groups excluding carboxylic acids is 3. The molecule has 2 amide bonds. The van der Waals surface area contributed by atoms with Gasteiger partial charge in [-0.3, -0.25) is 9.59 Å². The second-order valence-electron chi connectivity index (χ2n) is 5.85. The number of rotatable bonds is 4. The van der Waals surface area contributed by atoms with Crippen LogP contribution in [0.15, 0.2) is 53.1 Å². The summed E-state index contributed by atoms with van der Waals surface area (Å²) in [5.41, 5.74) is 1.37. The maximum absolute atomic E-state index is 12.5. The minimum atomic E-state index is -0.584. The number of ether oxygens (including phenoxy) is 1. The van der Waals surface area contributed by atoms with Gasteiger partial charge in [-0.15, -0.1) is 0 Å². The predicted molar refractivity (Wildman–Crippen MR) is 92.2 cm³/mol. The summed E-state index contributed by atoms with van der Waals surface area (Å²) in [5, 5.41) is 3.61. The van der Waals surface area contributed by atoms with Crippen LogP contribution in [0.5, 0.6) is 0 Å². The van der Waals surface area contributed by atoms with Gasteiger partial charge >= 0.3 is 5.97 Å². The van der Waals surface area contributed by atoms with Crippen molar-refractivity contribution in [1.82, 2.24) is 10.1 Å². The van der Waals surface area contributed by atoms with Crippen LogP contribution in [0.4, 0.5) is 5.69 Å². The molecule has 8 heteroatoms. The number of esters is 1. The van der Waals surface area contributed by atoms with E-state index in [1.807, 2.05) is 0 Å². The summed E-state index contributed by atoms with van der Waals surface area (Å²) >= 11 is 0. The van der Waals surface area contributed by atoms with Crippen LogP contribution in [-0.4, -0.2) is 27.9 Å². The fourth-order valence-corrected chi connectivity index (χ4v) is 2.78. The molecule has 1 aromatic heterocycles. The molecule has 4 rings (SSSR count). The van der Waals surface area contributed by atoms with Crippen molar-refractivity contribution in [2.75, 3.05) is 4.90 Å². The molecule has 8 nitrogen and oxygen atoms in total. The summed E-state index contributed by atoms with van der Waals surface area (Å²) in [5.74, 6) is -0.718. The number of hydrogen-bond donors (Lipinski definition) is 0. The van der Waals surface area contributed by atoms with Crippen LogP contribution in [0.2, 0.25) is 0 Å². The van der Waals surface area contributed by atoms with Crippen LogP contribution in [0.3, 0.4) is 0 Å². The minimum Gasteiger partial charge on any atom is -0.452 e. The summed E-state index contributed by atoms with van der Waals surface area (Å²) in [7, 11) is 0. The van der Waals surface area contributed by atoms with Gasteiger partial charge in [-0.2, -0.15) is 4.98 Å². The molecular weight excluding hydrogens is 350 g/mol. The number of aryl methyl sites for hydroxylation is 1. The highest BCUT2D eigenvalue weighted by molar-refractivity contribution is 6.34. The highest BCUT2D eigenvalue weighted by atomic mass is 16.6. The second-order valence-corrected chi connectivity index (χ2v) is 5.85. The zero-order valence-electron chi connectivity index (χ0n) is 14.2. The van der Waals surface area contributed by atoms with Crippen molar-refractivity contribution >= 4 is 23.5 Å². The lowest BCUT2D eigenvalue weighted by Gasteiger charge is -2.14. The molecule has 134 valence electrons. The zero-order valence-corrected chi connectivity index (χ0v) is 14.2. The summed E-state index contributed by atoms with van der Waals surface area (Å²) in [6.45, 7) is 1.52. The molecule has 2 aromatic carbocycles. The smallest absolute Gasteiger partial charge is 0.338 e. The quantitative estimate of drug-likeness (QED) is 0.518. The van der Waals surface area contributed by atoms with Crippen LogP contribution < -0.4 is 4.90 Å². The second kappa shape index (κ2) is 6.49. The van der Waals surface area contributed by atoms with Crippen LogP contribution >= 0.6 is 0 Å². The van der Waals surface area contributed by atoms with E-state index in [2.05, 4.69) is 10.1 Å². The molecule has 0 spiro atoms. The molecule has 27 heavy (non-hydrogen) atoms. The van der Waals surface area contributed by atoms with Gasteiger partial charge in [0.15, 0.2) is 12.4 Å². The normalized spacial score (nSPS) is 13.0. The number of benzene rings is 2. The van der Waals surface area contributed by atoms with E-state index in [0.29, 0.717) is 22.6 Å². The first kappa shape index (κ1) is 16.6. The van der Waals surface area contributed by atoms with Gasteiger partial charge in [0, 0.05) is 0 Å². The summed E-state index contributed by atoms with van der Waals surface area (Å²) in [4.78, 5) is 42.1. The van der Waals surface area contributed by atoms with Crippen LogP contribution in [0, 0.1) is 6.92 Å². The lowest BCUT2D eigenvalue weighted by molar-refractivity contribution is 0.0429. The van der Waals surface area contributed by atoms with Crippen molar-refractivity contribution in [2.24, 2.45) is 0 Å². The summed E-state index contributed by atoms with van der Waals surface area (Å²) < 4.78 is 9.97. The molecule has 0 atom stereocenters. The van der Waals surface area contributed by atoms with Gasteiger partial charge in [-0.1, -0.05) is 17.3 Å². The molecule has 0 saturated heterocycles. The van der Waals surface area contributed by atoms with Crippen molar-refractivity contribution < 1.29 is 23.6 Å². The van der Waals surface area contributed by atoms with Crippen LogP contribution in [0.25, 0.3) is 0 Å². The molecule has 2 heterocycles. The zero-order chi connectivity index (χ0) is 19.0. The van der Waals surface area contributed by atoms with Crippen molar-refractivity contribution in [3.05, 3.63) is 76.9 Å². The molecular formula is C19H13N3O5. The monoisotopic (exact) mass is 363 g/mol. The van der Waals surface area contributed by atoms with Gasteiger partial charge in [0.25, 0.3) is 17.7 Å². The molecule has 0 saturated carbocycles. The molecule has 0 N–H and O–H groups in total. The Bertz CT molecular complexity index is 1020. The van der Waals surface area contributed by atoms with Gasteiger partial charge in [0.1, 0.15) is 0 Å². The third-order valence-electron chi connectivity index (χ3n) is 4.05. The summed E-state index contributed by atoms with van der Waals surface area (Å²) in [6.07, 6.45) is 0. The fraction of sp³-hybridized carbons (Fsp3) is 0.105. The molecule has 0 bridgehead atoms. The molecule has 1 aliphatic rings. The molecule has 0 aliphatic carbocycles. The van der Waals surface area contributed by atoms with Gasteiger partial charge in [-0.05, 0) is 43.3 Å². The standard InChI is InChI=1S/C19H13N3O5/c1-11-20-16(27-21-11)10-26-19(25)12-6-8-13(9-7-12)22-17(23)14-4-2-3-5-15(14)18(22)24/h2-9H,10H2,1H3. The lowest BCUT2D eigenvalue weighted by Crippen LogP contribution is -2.29. The third kappa shape index (κ3) is 2.97. The number of fused-ring (bicyclic) bond motifs is 1. The van der Waals surface area contributed by atoms with E-state index in [4.69, 9.17) is 9.26 Å². The maximum Gasteiger partial charge on any atom is 0.338 e. The molecule has 0 unspecified atom stereocenters. The van der Waals surface area contributed by atoms with Crippen molar-refractivity contribution in [2.45, 2.75) is 13.5 Å². The Balaban J connectivity index is 1.49. The largest absolute Gasteiger partial charge is 0.452 e. The average molecular weight is 363 g/mol. The minimum absolute atomic E-state index is 0.139. The first-order chi connectivity index (χ1) is 13.0. The number of amides is 2. The molecule has 3 aromatic rings. The fourth-order valence-electron chi connectivity index (χ4n) is 2.78. The first-order valence-electron chi connectivity index (χ1n) is 8.09. The van der Waals surface area contributed by atoms with E-state index in [1.165, 1.54) is 24.3 Å². The number of imide groups is 1. The Morgan fingerprint density at radius 3 is 2.22 bits per heavy atom. The highest BCUT2D eigenvalue weighted by Gasteiger charge is 2.36. The topological polar surface area (TPSA) is 103 Å². The maximum atomic E-state index is 12.5. The predicted octanol–water partition coefficient (Wildman–Crippen LogP) is 2.54. The molecule has 0 fully saturated rings. The van der Waals surface area contributed by atoms with E-state index in [-0.39, 0.29) is 18.1 Å². The lowest BCUT2D eigenvalue weighted by atomic mass is 10.1. The van der Waals surface area contributed by atoms with Crippen molar-refractivity contribution in [3.63, 3.8) is 0 Å². The van der Waals surface area contributed by atoms with Gasteiger partial charge < -0.3 is 9.26 Å². The number of carbonyl (C=O) groups is 3. The van der Waals surface area contributed by atoms with Crippen molar-refractivity contribution in [3.8, 4) is 0 Å². The van der Waals surface area contributed by atoms with Crippen LogP contribution in [-0.2, 0) is 11.3 Å². The Labute approximate surface area is 153 Å². The number of hydrogen-bond acceptors (Lipinski definition) is 7. The van der Waals surface area contributed by atoms with Crippen LogP contribution in [0.1, 0.15) is 42.8 Å². The Kier molecular flexibility index (Phi) is 4.00. The SMILES string of the molecule is Cc1noc(COC(=O)c2ccc(N3C(=O)c4ccccc4C3=O)cc2)n1. The van der Waals surface area contributed by atoms with E-state index >= 15 is 0 Å². The number of aromatic nitrogens is 2. The van der Waals surface area contributed by atoms with Crippen molar-refractivity contribution in [1.29, 1.82) is 0 Å². The van der Waals surface area contributed by atoms with Gasteiger partial charge in [0.05, 0.1) is 22.4 Å². The number of nitrogens with zero attached hydrogens (tertiary/aromatic N) is 3. The van der Waals surface area contributed by atoms with Gasteiger partial charge in [-0.25, -0.2) is 9.69 Å².